The number of benzene rings is 2. The first-order valence-electron chi connectivity index (χ1n) is 7.65. The van der Waals surface area contributed by atoms with Crippen LogP contribution in [0.15, 0.2) is 53.5 Å². The summed E-state index contributed by atoms with van der Waals surface area (Å²) in [6.07, 6.45) is 0.803. The van der Waals surface area contributed by atoms with E-state index >= 15 is 0 Å². The Balaban J connectivity index is 0.00000288. The maximum absolute atomic E-state index is 12.8. The molecule has 1 unspecified atom stereocenters. The molecule has 24 heavy (non-hydrogen) atoms. The summed E-state index contributed by atoms with van der Waals surface area (Å²) < 4.78 is 18.5. The van der Waals surface area contributed by atoms with Gasteiger partial charge in [0.15, 0.2) is 5.96 Å². The third-order valence-corrected chi connectivity index (χ3v) is 3.28. The molecule has 0 aliphatic heterocycles. The van der Waals surface area contributed by atoms with Crippen molar-refractivity contribution in [3.8, 4) is 5.75 Å². The van der Waals surface area contributed by atoms with Crippen LogP contribution in [-0.2, 0) is 6.42 Å². The van der Waals surface area contributed by atoms with Gasteiger partial charge in [0.25, 0.3) is 0 Å². The summed E-state index contributed by atoms with van der Waals surface area (Å²) >= 11 is 0. The van der Waals surface area contributed by atoms with Gasteiger partial charge in [-0.2, -0.15) is 0 Å². The molecule has 2 aromatic carbocycles. The Kier molecular flexibility index (Phi) is 8.53. The van der Waals surface area contributed by atoms with Gasteiger partial charge in [-0.25, -0.2) is 9.38 Å². The van der Waals surface area contributed by atoms with Gasteiger partial charge in [-0.1, -0.05) is 19.1 Å². The zero-order valence-corrected chi connectivity index (χ0v) is 16.2. The lowest BCUT2D eigenvalue weighted by Gasteiger charge is -2.13. The second-order valence-corrected chi connectivity index (χ2v) is 5.29. The first-order chi connectivity index (χ1) is 11.1. The molecule has 4 nitrogen and oxygen atoms in total. The monoisotopic (exact) mass is 443 g/mol. The van der Waals surface area contributed by atoms with Crippen LogP contribution in [0.3, 0.4) is 0 Å². The van der Waals surface area contributed by atoms with Crippen LogP contribution in [0.2, 0.25) is 0 Å². The van der Waals surface area contributed by atoms with Crippen LogP contribution in [0, 0.1) is 5.82 Å². The summed E-state index contributed by atoms with van der Waals surface area (Å²) in [6.45, 7) is 4.40. The smallest absolute Gasteiger partial charge is 0.193 e. The summed E-state index contributed by atoms with van der Waals surface area (Å²) in [5.74, 6) is 0.662. The van der Waals surface area contributed by atoms with Crippen LogP contribution >= 0.6 is 24.0 Å². The highest BCUT2D eigenvalue weighted by atomic mass is 127. The molecule has 0 spiro atoms. The van der Waals surface area contributed by atoms with E-state index in [1.54, 1.807) is 12.1 Å². The second kappa shape index (κ2) is 10.1. The number of nitrogens with two attached hydrogens (primary N) is 1. The molecule has 0 aliphatic carbocycles. The highest BCUT2D eigenvalue weighted by Crippen LogP contribution is 2.13. The zero-order chi connectivity index (χ0) is 16.7. The van der Waals surface area contributed by atoms with E-state index in [4.69, 9.17) is 10.5 Å². The Bertz CT molecular complexity index is 662. The molecule has 0 aromatic heterocycles. The fraction of sp³-hybridized carbons (Fsp3) is 0.278. The maximum Gasteiger partial charge on any atom is 0.193 e. The van der Waals surface area contributed by atoms with Crippen LogP contribution in [-0.4, -0.2) is 18.6 Å². The predicted octanol–water partition coefficient (Wildman–Crippen LogP) is 4.20. The number of hydrogen-bond donors (Lipinski definition) is 2. The lowest BCUT2D eigenvalue weighted by Crippen LogP contribution is -2.25. The van der Waals surface area contributed by atoms with E-state index in [-0.39, 0.29) is 35.9 Å². The number of nitrogens with zero attached hydrogens (tertiary/aromatic N) is 1. The van der Waals surface area contributed by atoms with E-state index in [2.05, 4.69) is 23.3 Å². The van der Waals surface area contributed by atoms with Crippen molar-refractivity contribution in [1.82, 2.24) is 0 Å². The Morgan fingerprint density at radius 3 is 2.62 bits per heavy atom. The highest BCUT2D eigenvalue weighted by molar-refractivity contribution is 14.0. The van der Waals surface area contributed by atoms with Gasteiger partial charge in [0.2, 0.25) is 0 Å². The number of aryl methyl sites for hydroxylation is 1. The van der Waals surface area contributed by atoms with Crippen molar-refractivity contribution < 1.29 is 9.13 Å². The number of halogens is 2. The number of anilines is 1. The van der Waals surface area contributed by atoms with Crippen LogP contribution in [0.5, 0.6) is 5.75 Å². The Labute approximate surface area is 159 Å². The third kappa shape index (κ3) is 6.74. The molecule has 6 heteroatoms. The highest BCUT2D eigenvalue weighted by Gasteiger charge is 2.04. The van der Waals surface area contributed by atoms with Crippen molar-refractivity contribution in [2.45, 2.75) is 26.4 Å². The lowest BCUT2D eigenvalue weighted by molar-refractivity contribution is 0.230. The summed E-state index contributed by atoms with van der Waals surface area (Å²) in [5, 5.41) is 3.07. The Morgan fingerprint density at radius 1 is 1.25 bits per heavy atom. The zero-order valence-electron chi connectivity index (χ0n) is 13.8. The Morgan fingerprint density at radius 2 is 1.96 bits per heavy atom. The predicted molar refractivity (Wildman–Crippen MR) is 108 cm³/mol. The fourth-order valence-electron chi connectivity index (χ4n) is 2.07. The van der Waals surface area contributed by atoms with Crippen molar-refractivity contribution in [2.24, 2.45) is 10.7 Å². The minimum atomic E-state index is -0.286. The van der Waals surface area contributed by atoms with Crippen molar-refractivity contribution in [3.05, 3.63) is 59.9 Å². The summed E-state index contributed by atoms with van der Waals surface area (Å²) in [5.41, 5.74) is 8.04. The number of ether oxygens (including phenoxy) is 1. The van der Waals surface area contributed by atoms with E-state index in [9.17, 15) is 4.39 Å². The average molecular weight is 443 g/mol. The number of hydrogen-bond acceptors (Lipinski definition) is 2. The molecule has 2 rings (SSSR count). The summed E-state index contributed by atoms with van der Waals surface area (Å²) in [6, 6.07) is 13.9. The molecule has 0 saturated carbocycles. The van der Waals surface area contributed by atoms with Gasteiger partial charge < -0.3 is 15.8 Å². The normalized spacial score (nSPS) is 12.2. The van der Waals surface area contributed by atoms with Crippen LogP contribution < -0.4 is 15.8 Å². The molecule has 0 amide bonds. The topological polar surface area (TPSA) is 59.6 Å². The van der Waals surface area contributed by atoms with Gasteiger partial charge in [-0.3, -0.25) is 0 Å². The molecule has 130 valence electrons. The van der Waals surface area contributed by atoms with Crippen LogP contribution in [0.4, 0.5) is 10.1 Å². The van der Waals surface area contributed by atoms with Crippen molar-refractivity contribution in [1.29, 1.82) is 0 Å². The summed E-state index contributed by atoms with van der Waals surface area (Å²) in [7, 11) is 0. The molecule has 2 aromatic rings. The van der Waals surface area contributed by atoms with Crippen molar-refractivity contribution in [2.75, 3.05) is 11.9 Å². The number of nitrogens with one attached hydrogen (secondary N) is 1. The van der Waals surface area contributed by atoms with E-state index in [0.29, 0.717) is 18.3 Å². The molecule has 0 heterocycles. The number of guanidine groups is 1. The average Bonchev–Trinajstić information content (AvgIpc) is 2.55. The second-order valence-electron chi connectivity index (χ2n) is 5.29. The fourth-order valence-corrected chi connectivity index (χ4v) is 2.07. The maximum atomic E-state index is 12.8. The molecule has 0 fully saturated rings. The van der Waals surface area contributed by atoms with Crippen molar-refractivity contribution >= 4 is 35.6 Å². The van der Waals surface area contributed by atoms with Gasteiger partial charge in [-0.05, 0) is 55.3 Å². The van der Waals surface area contributed by atoms with Gasteiger partial charge in [0.1, 0.15) is 17.7 Å². The molecule has 3 N–H and O–H groups in total. The lowest BCUT2D eigenvalue weighted by atomic mass is 10.1. The number of aliphatic imine (C=N–C) groups is 1. The van der Waals surface area contributed by atoms with E-state index < -0.39 is 0 Å². The van der Waals surface area contributed by atoms with Gasteiger partial charge in [-0.15, -0.1) is 24.0 Å². The largest absolute Gasteiger partial charge is 0.489 e. The van der Waals surface area contributed by atoms with E-state index in [0.717, 1.165) is 12.1 Å². The van der Waals surface area contributed by atoms with Gasteiger partial charge in [0.05, 0.1) is 6.54 Å². The molecule has 0 radical (unpaired) electrons. The molecule has 0 aliphatic rings. The minimum Gasteiger partial charge on any atom is -0.489 e. The van der Waals surface area contributed by atoms with Crippen LogP contribution in [0.25, 0.3) is 0 Å². The molecule has 0 bridgehead atoms. The minimum absolute atomic E-state index is 0. The van der Waals surface area contributed by atoms with E-state index in [1.165, 1.54) is 17.7 Å². The molecule has 0 saturated heterocycles. The molecular weight excluding hydrogens is 420 g/mol. The van der Waals surface area contributed by atoms with Crippen LogP contribution in [0.1, 0.15) is 19.4 Å². The Hall–Kier alpha value is -1.83. The number of rotatable bonds is 6. The van der Waals surface area contributed by atoms with E-state index in [1.807, 2.05) is 25.1 Å². The summed E-state index contributed by atoms with van der Waals surface area (Å²) in [4.78, 5) is 4.27. The SMILES string of the molecule is CCc1cccc(NC(N)=NCC(C)Oc2ccc(F)cc2)c1.I. The third-order valence-electron chi connectivity index (χ3n) is 3.28. The standard InChI is InChI=1S/C18H22FN3O.HI/c1-3-14-5-4-6-16(11-14)22-18(20)21-12-13(2)23-17-9-7-15(19)8-10-17;/h4-11,13H,3,12H2,1-2H3,(H3,20,21,22);1H. The first-order valence-corrected chi connectivity index (χ1v) is 7.65. The molecule has 1 atom stereocenters. The first kappa shape index (κ1) is 20.2. The van der Waals surface area contributed by atoms with Gasteiger partial charge >= 0.3 is 0 Å². The van der Waals surface area contributed by atoms with Gasteiger partial charge in [0, 0.05) is 5.69 Å². The van der Waals surface area contributed by atoms with Crippen molar-refractivity contribution in [3.63, 3.8) is 0 Å². The quantitative estimate of drug-likeness (QED) is 0.400. The molecular formula is C18H23FIN3O.